The Bertz CT molecular complexity index is 717. The zero-order valence-corrected chi connectivity index (χ0v) is 16.1. The molecule has 1 N–H and O–H groups in total. The van der Waals surface area contributed by atoms with E-state index >= 15 is 0 Å². The summed E-state index contributed by atoms with van der Waals surface area (Å²) in [5.74, 6) is 2.14. The fourth-order valence-corrected chi connectivity index (χ4v) is 2.68. The van der Waals surface area contributed by atoms with Crippen LogP contribution in [0.15, 0.2) is 28.7 Å². The summed E-state index contributed by atoms with van der Waals surface area (Å²) in [6.07, 6.45) is 0. The molecule has 6 heteroatoms. The normalized spacial score (nSPS) is 12.3. The largest absolute Gasteiger partial charge is 0.484 e. The van der Waals surface area contributed by atoms with Gasteiger partial charge in [-0.2, -0.15) is 0 Å². The van der Waals surface area contributed by atoms with Crippen molar-refractivity contribution in [2.45, 2.75) is 26.8 Å². The Morgan fingerprint density at radius 2 is 1.88 bits per heavy atom. The molecule has 1 atom stereocenters. The summed E-state index contributed by atoms with van der Waals surface area (Å²) in [6.45, 7) is 6.13. The Hall–Kier alpha value is -1.98. The molecule has 2 aromatic rings. The first-order chi connectivity index (χ1) is 11.8. The first-order valence-electron chi connectivity index (χ1n) is 8.17. The number of hydrogen-bond donors (Lipinski definition) is 1. The summed E-state index contributed by atoms with van der Waals surface area (Å²) in [6, 6.07) is 7.48. The van der Waals surface area contributed by atoms with E-state index in [4.69, 9.17) is 20.8 Å². The van der Waals surface area contributed by atoms with E-state index in [1.54, 1.807) is 0 Å². The molecule has 1 aromatic carbocycles. The van der Waals surface area contributed by atoms with Crippen LogP contribution in [0.2, 0.25) is 5.02 Å². The van der Waals surface area contributed by atoms with Crippen molar-refractivity contribution < 1.29 is 13.9 Å². The van der Waals surface area contributed by atoms with Crippen LogP contribution in [0, 0.1) is 20.8 Å². The van der Waals surface area contributed by atoms with E-state index in [9.17, 15) is 4.79 Å². The maximum atomic E-state index is 12.1. The standard InChI is InChI=1S/C19H25ClN2O3/c1-12-8-15(9-13(2)19(12)20)24-11-18(23)21-10-16(22(4)5)17-7-6-14(3)25-17/h6-9,16H,10-11H2,1-5H3,(H,21,23). The van der Waals surface area contributed by atoms with Crippen LogP contribution < -0.4 is 10.1 Å². The maximum Gasteiger partial charge on any atom is 0.258 e. The van der Waals surface area contributed by atoms with Crippen molar-refractivity contribution in [3.05, 3.63) is 51.9 Å². The van der Waals surface area contributed by atoms with Gasteiger partial charge in [0.15, 0.2) is 6.61 Å². The van der Waals surface area contributed by atoms with Gasteiger partial charge in [0.25, 0.3) is 5.91 Å². The van der Waals surface area contributed by atoms with Gasteiger partial charge in [-0.15, -0.1) is 0 Å². The summed E-state index contributed by atoms with van der Waals surface area (Å²) in [5, 5.41) is 3.61. The third-order valence-corrected chi connectivity index (χ3v) is 4.58. The molecule has 0 aliphatic rings. The average Bonchev–Trinajstić information content (AvgIpc) is 2.96. The van der Waals surface area contributed by atoms with Crippen molar-refractivity contribution in [2.24, 2.45) is 0 Å². The summed E-state index contributed by atoms with van der Waals surface area (Å²) < 4.78 is 11.2. The number of benzene rings is 1. The number of carbonyl (C=O) groups excluding carboxylic acids is 1. The van der Waals surface area contributed by atoms with Crippen LogP contribution in [0.1, 0.15) is 28.7 Å². The van der Waals surface area contributed by atoms with Gasteiger partial charge >= 0.3 is 0 Å². The molecular formula is C19H25ClN2O3. The molecule has 25 heavy (non-hydrogen) atoms. The van der Waals surface area contributed by atoms with Crippen LogP contribution in [-0.2, 0) is 4.79 Å². The lowest BCUT2D eigenvalue weighted by molar-refractivity contribution is -0.123. The lowest BCUT2D eigenvalue weighted by Gasteiger charge is -2.22. The Morgan fingerprint density at radius 1 is 1.24 bits per heavy atom. The van der Waals surface area contributed by atoms with Crippen LogP contribution in [0.3, 0.4) is 0 Å². The van der Waals surface area contributed by atoms with Gasteiger partial charge in [0.2, 0.25) is 0 Å². The third kappa shape index (κ3) is 5.25. The molecule has 1 amide bonds. The second-order valence-electron chi connectivity index (χ2n) is 6.39. The predicted molar refractivity (Wildman–Crippen MR) is 99.3 cm³/mol. The smallest absolute Gasteiger partial charge is 0.258 e. The van der Waals surface area contributed by atoms with E-state index in [1.165, 1.54) is 0 Å². The quantitative estimate of drug-likeness (QED) is 0.814. The van der Waals surface area contributed by atoms with E-state index < -0.39 is 0 Å². The van der Waals surface area contributed by atoms with Crippen molar-refractivity contribution in [3.8, 4) is 5.75 Å². The van der Waals surface area contributed by atoms with Crippen LogP contribution in [0.4, 0.5) is 0 Å². The third-order valence-electron chi connectivity index (χ3n) is 3.99. The fraction of sp³-hybridized carbons (Fsp3) is 0.421. The monoisotopic (exact) mass is 364 g/mol. The van der Waals surface area contributed by atoms with E-state index in [2.05, 4.69) is 5.32 Å². The molecule has 136 valence electrons. The first kappa shape index (κ1) is 19.3. The number of ether oxygens (including phenoxy) is 1. The predicted octanol–water partition coefficient (Wildman–Crippen LogP) is 3.66. The van der Waals surface area contributed by atoms with E-state index in [-0.39, 0.29) is 18.6 Å². The fourth-order valence-electron chi connectivity index (χ4n) is 2.57. The molecule has 0 saturated carbocycles. The molecule has 1 aromatic heterocycles. The van der Waals surface area contributed by atoms with Crippen LogP contribution >= 0.6 is 11.6 Å². The molecule has 0 radical (unpaired) electrons. The summed E-state index contributed by atoms with van der Waals surface area (Å²) >= 11 is 6.14. The van der Waals surface area contributed by atoms with Gasteiger partial charge in [0.1, 0.15) is 17.3 Å². The molecule has 1 unspecified atom stereocenters. The summed E-state index contributed by atoms with van der Waals surface area (Å²) in [7, 11) is 3.90. The van der Waals surface area contributed by atoms with E-state index in [0.717, 1.165) is 27.7 Å². The first-order valence-corrected chi connectivity index (χ1v) is 8.54. The number of halogens is 1. The molecule has 0 spiro atoms. The highest BCUT2D eigenvalue weighted by molar-refractivity contribution is 6.32. The van der Waals surface area contributed by atoms with E-state index in [0.29, 0.717) is 12.3 Å². The van der Waals surface area contributed by atoms with Crippen molar-refractivity contribution in [2.75, 3.05) is 27.2 Å². The minimum atomic E-state index is -0.180. The van der Waals surface area contributed by atoms with Gasteiger partial charge in [-0.3, -0.25) is 9.69 Å². The van der Waals surface area contributed by atoms with Crippen molar-refractivity contribution in [1.82, 2.24) is 10.2 Å². The van der Waals surface area contributed by atoms with Crippen molar-refractivity contribution in [1.29, 1.82) is 0 Å². The molecule has 1 heterocycles. The van der Waals surface area contributed by atoms with Gasteiger partial charge in [-0.05, 0) is 70.3 Å². The van der Waals surface area contributed by atoms with Gasteiger partial charge in [-0.25, -0.2) is 0 Å². The minimum absolute atomic E-state index is 0.0299. The Labute approximate surface area is 153 Å². The van der Waals surface area contributed by atoms with Crippen LogP contribution in [0.25, 0.3) is 0 Å². The van der Waals surface area contributed by atoms with Gasteiger partial charge in [0.05, 0.1) is 6.04 Å². The zero-order valence-electron chi connectivity index (χ0n) is 15.4. The minimum Gasteiger partial charge on any atom is -0.484 e. The topological polar surface area (TPSA) is 54.7 Å². The second-order valence-corrected chi connectivity index (χ2v) is 6.77. The number of carbonyl (C=O) groups is 1. The number of nitrogens with zero attached hydrogens (tertiary/aromatic N) is 1. The Balaban J connectivity index is 1.89. The van der Waals surface area contributed by atoms with Crippen molar-refractivity contribution in [3.63, 3.8) is 0 Å². The van der Waals surface area contributed by atoms with Crippen molar-refractivity contribution >= 4 is 17.5 Å². The highest BCUT2D eigenvalue weighted by atomic mass is 35.5. The number of aryl methyl sites for hydroxylation is 3. The number of rotatable bonds is 7. The van der Waals surface area contributed by atoms with Crippen LogP contribution in [-0.4, -0.2) is 38.1 Å². The molecule has 5 nitrogen and oxygen atoms in total. The number of furan rings is 1. The molecule has 0 aliphatic carbocycles. The molecule has 0 bridgehead atoms. The lowest BCUT2D eigenvalue weighted by atomic mass is 10.1. The van der Waals surface area contributed by atoms with E-state index in [1.807, 2.05) is 64.0 Å². The lowest BCUT2D eigenvalue weighted by Crippen LogP contribution is -2.36. The second kappa shape index (κ2) is 8.41. The highest BCUT2D eigenvalue weighted by Gasteiger charge is 2.18. The van der Waals surface area contributed by atoms with Gasteiger partial charge < -0.3 is 14.5 Å². The Morgan fingerprint density at radius 3 is 2.40 bits per heavy atom. The molecule has 2 rings (SSSR count). The average molecular weight is 365 g/mol. The maximum absolute atomic E-state index is 12.1. The molecule has 0 fully saturated rings. The number of nitrogens with one attached hydrogen (secondary N) is 1. The zero-order chi connectivity index (χ0) is 18.6. The molecule has 0 saturated heterocycles. The van der Waals surface area contributed by atoms with Gasteiger partial charge in [0, 0.05) is 11.6 Å². The summed E-state index contributed by atoms with van der Waals surface area (Å²) in [4.78, 5) is 14.1. The summed E-state index contributed by atoms with van der Waals surface area (Å²) in [5.41, 5.74) is 1.86. The number of hydrogen-bond acceptors (Lipinski definition) is 4. The van der Waals surface area contributed by atoms with Gasteiger partial charge in [-0.1, -0.05) is 11.6 Å². The number of amides is 1. The molecular weight excluding hydrogens is 340 g/mol. The van der Waals surface area contributed by atoms with Crippen LogP contribution in [0.5, 0.6) is 5.75 Å². The number of likely N-dealkylation sites (N-methyl/N-ethyl adjacent to an activating group) is 1. The SMILES string of the molecule is Cc1ccc(C(CNC(=O)COc2cc(C)c(Cl)c(C)c2)N(C)C)o1. The molecule has 0 aliphatic heterocycles. The Kier molecular flexibility index (Phi) is 6.51. The highest BCUT2D eigenvalue weighted by Crippen LogP contribution is 2.25.